The van der Waals surface area contributed by atoms with Crippen molar-refractivity contribution in [2.45, 2.75) is 32.3 Å². The zero-order valence-corrected chi connectivity index (χ0v) is 13.4. The molecule has 1 heterocycles. The zero-order chi connectivity index (χ0) is 15.9. The number of methoxy groups -OCH3 is 1. The average Bonchev–Trinajstić information content (AvgIpc) is 2.54. The van der Waals surface area contributed by atoms with E-state index >= 15 is 0 Å². The van der Waals surface area contributed by atoms with Gasteiger partial charge in [0.2, 0.25) is 0 Å². The van der Waals surface area contributed by atoms with Gasteiger partial charge < -0.3 is 20.1 Å². The van der Waals surface area contributed by atoms with Crippen molar-refractivity contribution in [1.29, 1.82) is 0 Å². The molecule has 1 fully saturated rings. The molecule has 1 aliphatic rings. The van der Waals surface area contributed by atoms with Crippen molar-refractivity contribution in [2.75, 3.05) is 26.7 Å². The first kappa shape index (κ1) is 16.6. The summed E-state index contributed by atoms with van der Waals surface area (Å²) in [6.45, 7) is 3.83. The van der Waals surface area contributed by atoms with Crippen molar-refractivity contribution in [1.82, 2.24) is 10.2 Å². The van der Waals surface area contributed by atoms with Crippen molar-refractivity contribution in [3.8, 4) is 5.75 Å². The third-order valence-electron chi connectivity index (χ3n) is 4.28. The summed E-state index contributed by atoms with van der Waals surface area (Å²) >= 11 is 0. The largest absolute Gasteiger partial charge is 0.497 e. The number of amides is 2. The molecule has 2 amide bonds. The van der Waals surface area contributed by atoms with Gasteiger partial charge >= 0.3 is 6.03 Å². The highest BCUT2D eigenvalue weighted by Crippen LogP contribution is 2.17. The first-order valence-corrected chi connectivity index (χ1v) is 7.94. The summed E-state index contributed by atoms with van der Waals surface area (Å²) in [5.74, 6) is 1.13. The molecule has 0 aliphatic carbocycles. The normalized spacial score (nSPS) is 21.5. The molecular weight excluding hydrogens is 280 g/mol. The Labute approximate surface area is 132 Å². The third kappa shape index (κ3) is 4.63. The maximum Gasteiger partial charge on any atom is 0.317 e. The van der Waals surface area contributed by atoms with Crippen LogP contribution in [-0.2, 0) is 6.42 Å². The Kier molecular flexibility index (Phi) is 6.07. The van der Waals surface area contributed by atoms with Crippen molar-refractivity contribution < 1.29 is 14.6 Å². The number of hydrogen-bond donors (Lipinski definition) is 2. The van der Waals surface area contributed by atoms with Gasteiger partial charge in [-0.3, -0.25) is 0 Å². The molecular formula is C17H26N2O3. The minimum absolute atomic E-state index is 0.0688. The zero-order valence-electron chi connectivity index (χ0n) is 13.4. The Bertz CT molecular complexity index is 475. The van der Waals surface area contributed by atoms with E-state index in [1.54, 1.807) is 12.0 Å². The lowest BCUT2D eigenvalue weighted by Crippen LogP contribution is -2.49. The number of aliphatic hydroxyl groups excluding tert-OH is 1. The highest BCUT2D eigenvalue weighted by atomic mass is 16.5. The van der Waals surface area contributed by atoms with Crippen LogP contribution in [0, 0.1) is 5.92 Å². The minimum atomic E-state index is -0.404. The number of urea groups is 1. The molecule has 1 aromatic carbocycles. The molecule has 2 atom stereocenters. The number of hydrogen-bond acceptors (Lipinski definition) is 3. The number of aliphatic hydroxyl groups is 1. The highest BCUT2D eigenvalue weighted by molar-refractivity contribution is 5.74. The van der Waals surface area contributed by atoms with Crippen LogP contribution in [0.25, 0.3) is 0 Å². The van der Waals surface area contributed by atoms with Gasteiger partial charge in [-0.15, -0.1) is 0 Å². The Hall–Kier alpha value is -1.75. The molecule has 2 N–H and O–H groups in total. The smallest absolute Gasteiger partial charge is 0.317 e. The number of aryl methyl sites for hydroxylation is 1. The van der Waals surface area contributed by atoms with Crippen molar-refractivity contribution in [3.05, 3.63) is 29.8 Å². The summed E-state index contributed by atoms with van der Waals surface area (Å²) < 4.78 is 5.13. The van der Waals surface area contributed by atoms with E-state index in [-0.39, 0.29) is 11.9 Å². The molecule has 2 rings (SSSR count). The fraction of sp³-hybridized carbons (Fsp3) is 0.588. The van der Waals surface area contributed by atoms with Gasteiger partial charge in [0.05, 0.1) is 13.2 Å². The first-order valence-electron chi connectivity index (χ1n) is 7.94. The summed E-state index contributed by atoms with van der Waals surface area (Å²) in [6.07, 6.45) is 2.27. The van der Waals surface area contributed by atoms with E-state index in [9.17, 15) is 9.90 Å². The number of benzene rings is 1. The first-order chi connectivity index (χ1) is 10.6. The maximum absolute atomic E-state index is 12.0. The molecule has 1 saturated heterocycles. The van der Waals surface area contributed by atoms with Gasteiger partial charge in [0.15, 0.2) is 0 Å². The lowest BCUT2D eigenvalue weighted by molar-refractivity contribution is 0.0436. The number of carbonyl (C=O) groups is 1. The van der Waals surface area contributed by atoms with E-state index in [4.69, 9.17) is 4.74 Å². The highest BCUT2D eigenvalue weighted by Gasteiger charge is 2.26. The van der Waals surface area contributed by atoms with Crippen molar-refractivity contribution in [3.63, 3.8) is 0 Å². The average molecular weight is 306 g/mol. The maximum atomic E-state index is 12.0. The number of likely N-dealkylation sites (tertiary alicyclic amines) is 1. The Morgan fingerprint density at radius 1 is 1.41 bits per heavy atom. The van der Waals surface area contributed by atoms with Gasteiger partial charge in [-0.1, -0.05) is 19.1 Å². The van der Waals surface area contributed by atoms with Gasteiger partial charge in [-0.2, -0.15) is 0 Å². The number of ether oxygens (including phenoxy) is 1. The van der Waals surface area contributed by atoms with Crippen LogP contribution < -0.4 is 10.1 Å². The van der Waals surface area contributed by atoms with Crippen molar-refractivity contribution >= 4 is 6.03 Å². The fourth-order valence-corrected chi connectivity index (χ4v) is 2.63. The van der Waals surface area contributed by atoms with Gasteiger partial charge in [0.25, 0.3) is 0 Å². The van der Waals surface area contributed by atoms with Gasteiger partial charge in [-0.05, 0) is 42.9 Å². The van der Waals surface area contributed by atoms with E-state index in [0.717, 1.165) is 31.6 Å². The van der Waals surface area contributed by atoms with E-state index in [1.165, 1.54) is 5.56 Å². The van der Waals surface area contributed by atoms with E-state index in [2.05, 4.69) is 5.32 Å². The second-order valence-electron chi connectivity index (χ2n) is 5.96. The van der Waals surface area contributed by atoms with Crippen LogP contribution in [0.2, 0.25) is 0 Å². The summed E-state index contributed by atoms with van der Waals surface area (Å²) in [5, 5.41) is 12.8. The molecule has 1 aromatic rings. The lowest BCUT2D eigenvalue weighted by Gasteiger charge is -2.34. The van der Waals surface area contributed by atoms with Crippen LogP contribution in [-0.4, -0.2) is 48.9 Å². The van der Waals surface area contributed by atoms with Crippen LogP contribution in [0.3, 0.4) is 0 Å². The monoisotopic (exact) mass is 306 g/mol. The third-order valence-corrected chi connectivity index (χ3v) is 4.28. The molecule has 1 aliphatic heterocycles. The SMILES string of the molecule is COc1ccc(CCCNC(=O)N2CC[C@@H](C)[C@@H](O)C2)cc1. The fourth-order valence-electron chi connectivity index (χ4n) is 2.63. The predicted molar refractivity (Wildman–Crippen MR) is 86.1 cm³/mol. The Morgan fingerprint density at radius 3 is 2.77 bits per heavy atom. The second-order valence-corrected chi connectivity index (χ2v) is 5.96. The van der Waals surface area contributed by atoms with Crippen LogP contribution in [0.4, 0.5) is 4.79 Å². The van der Waals surface area contributed by atoms with E-state index in [1.807, 2.05) is 31.2 Å². The molecule has 5 heteroatoms. The molecule has 0 unspecified atom stereocenters. The van der Waals surface area contributed by atoms with Crippen LogP contribution >= 0.6 is 0 Å². The second kappa shape index (κ2) is 8.03. The van der Waals surface area contributed by atoms with Crippen LogP contribution in [0.5, 0.6) is 5.75 Å². The molecule has 22 heavy (non-hydrogen) atoms. The van der Waals surface area contributed by atoms with Gasteiger partial charge in [0.1, 0.15) is 5.75 Å². The van der Waals surface area contributed by atoms with E-state index in [0.29, 0.717) is 13.1 Å². The molecule has 0 bridgehead atoms. The minimum Gasteiger partial charge on any atom is -0.497 e. The number of β-amino-alcohol motifs (C(OH)–C–C–N with tert-alkyl or cyclic N) is 1. The lowest BCUT2D eigenvalue weighted by atomic mass is 9.96. The number of piperidine rings is 1. The summed E-state index contributed by atoms with van der Waals surface area (Å²) in [4.78, 5) is 13.7. The number of nitrogens with one attached hydrogen (secondary N) is 1. The number of carbonyl (C=O) groups excluding carboxylic acids is 1. The van der Waals surface area contributed by atoms with Crippen molar-refractivity contribution in [2.24, 2.45) is 5.92 Å². The van der Waals surface area contributed by atoms with E-state index < -0.39 is 6.10 Å². The van der Waals surface area contributed by atoms with Gasteiger partial charge in [0, 0.05) is 19.6 Å². The number of nitrogens with zero attached hydrogens (tertiary/aromatic N) is 1. The van der Waals surface area contributed by atoms with Gasteiger partial charge in [-0.25, -0.2) is 4.79 Å². The molecule has 122 valence electrons. The van der Waals surface area contributed by atoms with Crippen LogP contribution in [0.15, 0.2) is 24.3 Å². The summed E-state index contributed by atoms with van der Waals surface area (Å²) in [5.41, 5.74) is 1.23. The Balaban J connectivity index is 1.66. The van der Waals surface area contributed by atoms with Crippen LogP contribution in [0.1, 0.15) is 25.3 Å². The Morgan fingerprint density at radius 2 is 2.14 bits per heavy atom. The summed E-state index contributed by atoms with van der Waals surface area (Å²) in [6, 6.07) is 7.92. The summed E-state index contributed by atoms with van der Waals surface area (Å²) in [7, 11) is 1.66. The molecule has 5 nitrogen and oxygen atoms in total. The predicted octanol–water partition coefficient (Wildman–Crippen LogP) is 2.04. The quantitative estimate of drug-likeness (QED) is 0.818. The molecule has 0 radical (unpaired) electrons. The molecule has 0 aromatic heterocycles. The molecule has 0 spiro atoms. The topological polar surface area (TPSA) is 61.8 Å². The number of rotatable bonds is 5. The standard InChI is InChI=1S/C17H26N2O3/c1-13-9-11-19(12-16(13)20)17(21)18-10-3-4-14-5-7-15(22-2)8-6-14/h5-8,13,16,20H,3-4,9-12H2,1-2H3,(H,18,21)/t13-,16+/m1/s1. The molecule has 0 saturated carbocycles.